The first-order chi connectivity index (χ1) is 8.94. The summed E-state index contributed by atoms with van der Waals surface area (Å²) in [5.41, 5.74) is 5.77. The summed E-state index contributed by atoms with van der Waals surface area (Å²) in [5.74, 6) is 0.591. The molecule has 1 saturated carbocycles. The molecule has 2 rings (SSSR count). The summed E-state index contributed by atoms with van der Waals surface area (Å²) in [7, 11) is -2.97. The zero-order chi connectivity index (χ0) is 14.0. The Hall–Kier alpha value is -0.620. The third-order valence-electron chi connectivity index (χ3n) is 4.48. The van der Waals surface area contributed by atoms with E-state index in [4.69, 9.17) is 5.73 Å². The number of carbonyl (C=O) groups is 1. The molecule has 1 heterocycles. The molecule has 6 heteroatoms. The van der Waals surface area contributed by atoms with E-state index in [-0.39, 0.29) is 35.3 Å². The van der Waals surface area contributed by atoms with Crippen molar-refractivity contribution in [3.63, 3.8) is 0 Å². The molecular formula is C13H24N2O3S. The van der Waals surface area contributed by atoms with Gasteiger partial charge in [-0.15, -0.1) is 0 Å². The lowest BCUT2D eigenvalue weighted by molar-refractivity contribution is -0.140. The van der Waals surface area contributed by atoms with Crippen LogP contribution in [0.3, 0.4) is 0 Å². The molecule has 1 amide bonds. The number of nitrogens with zero attached hydrogens (tertiary/aromatic N) is 1. The van der Waals surface area contributed by atoms with E-state index in [1.807, 2.05) is 6.92 Å². The molecule has 3 unspecified atom stereocenters. The summed E-state index contributed by atoms with van der Waals surface area (Å²) in [6, 6.07) is -0.202. The van der Waals surface area contributed by atoms with E-state index < -0.39 is 9.84 Å². The van der Waals surface area contributed by atoms with Crippen LogP contribution in [0.2, 0.25) is 0 Å². The molecule has 2 fully saturated rings. The average Bonchev–Trinajstić information content (AvgIpc) is 2.37. The van der Waals surface area contributed by atoms with Gasteiger partial charge < -0.3 is 10.6 Å². The van der Waals surface area contributed by atoms with Gasteiger partial charge >= 0.3 is 0 Å². The fourth-order valence-corrected chi connectivity index (χ4v) is 4.91. The van der Waals surface area contributed by atoms with E-state index in [1.54, 1.807) is 4.90 Å². The predicted molar refractivity (Wildman–Crippen MR) is 74.3 cm³/mol. The van der Waals surface area contributed by atoms with Crippen LogP contribution in [0.1, 0.15) is 32.6 Å². The number of hydrogen-bond acceptors (Lipinski definition) is 4. The second-order valence-electron chi connectivity index (χ2n) is 5.88. The van der Waals surface area contributed by atoms with Crippen LogP contribution >= 0.6 is 0 Å². The van der Waals surface area contributed by atoms with Crippen molar-refractivity contribution in [1.82, 2.24) is 4.90 Å². The Kier molecular flexibility index (Phi) is 4.50. The van der Waals surface area contributed by atoms with Crippen molar-refractivity contribution < 1.29 is 13.2 Å². The van der Waals surface area contributed by atoms with Gasteiger partial charge in [-0.2, -0.15) is 0 Å². The highest BCUT2D eigenvalue weighted by molar-refractivity contribution is 7.91. The summed E-state index contributed by atoms with van der Waals surface area (Å²) in [5, 5.41) is 0. The van der Waals surface area contributed by atoms with Gasteiger partial charge in [-0.05, 0) is 32.2 Å². The maximum absolute atomic E-state index is 12.6. The predicted octanol–water partition coefficient (Wildman–Crippen LogP) is 0.397. The second-order valence-corrected chi connectivity index (χ2v) is 8.11. The molecule has 2 aliphatic rings. The molecule has 3 atom stereocenters. The van der Waals surface area contributed by atoms with Crippen molar-refractivity contribution in [2.45, 2.75) is 38.6 Å². The number of rotatable bonds is 2. The van der Waals surface area contributed by atoms with Gasteiger partial charge in [-0.25, -0.2) is 8.42 Å². The van der Waals surface area contributed by atoms with Gasteiger partial charge in [0.25, 0.3) is 0 Å². The Morgan fingerprint density at radius 3 is 2.63 bits per heavy atom. The first kappa shape index (κ1) is 14.8. The molecule has 0 bridgehead atoms. The van der Waals surface area contributed by atoms with Gasteiger partial charge in [0.15, 0.2) is 9.84 Å². The number of amides is 1. The highest BCUT2D eigenvalue weighted by Crippen LogP contribution is 2.31. The summed E-state index contributed by atoms with van der Waals surface area (Å²) in [6.45, 7) is 2.72. The Balaban J connectivity index is 2.06. The molecule has 1 aliphatic heterocycles. The van der Waals surface area contributed by atoms with Crippen molar-refractivity contribution in [3.05, 3.63) is 0 Å². The zero-order valence-corrected chi connectivity index (χ0v) is 12.4. The number of sulfone groups is 1. The summed E-state index contributed by atoms with van der Waals surface area (Å²) >= 11 is 0. The van der Waals surface area contributed by atoms with Gasteiger partial charge in [0.1, 0.15) is 0 Å². The molecule has 0 aromatic heterocycles. The molecule has 19 heavy (non-hydrogen) atoms. The van der Waals surface area contributed by atoms with Gasteiger partial charge in [0.2, 0.25) is 5.91 Å². The van der Waals surface area contributed by atoms with Crippen LogP contribution in [0.5, 0.6) is 0 Å². The molecule has 0 spiro atoms. The second kappa shape index (κ2) is 5.79. The van der Waals surface area contributed by atoms with Crippen molar-refractivity contribution in [1.29, 1.82) is 0 Å². The lowest BCUT2D eigenvalue weighted by atomic mass is 9.78. The van der Waals surface area contributed by atoms with Crippen LogP contribution < -0.4 is 5.73 Å². The summed E-state index contributed by atoms with van der Waals surface area (Å²) < 4.78 is 23.1. The summed E-state index contributed by atoms with van der Waals surface area (Å²) in [4.78, 5) is 14.4. The number of carbonyl (C=O) groups excluding carboxylic acids is 1. The average molecular weight is 288 g/mol. The highest BCUT2D eigenvalue weighted by atomic mass is 32.2. The van der Waals surface area contributed by atoms with Crippen LogP contribution in [-0.2, 0) is 14.6 Å². The smallest absolute Gasteiger partial charge is 0.226 e. The highest BCUT2D eigenvalue weighted by Gasteiger charge is 2.37. The molecule has 110 valence electrons. The lowest BCUT2D eigenvalue weighted by Gasteiger charge is -2.39. The first-order valence-corrected chi connectivity index (χ1v) is 8.97. The molecule has 0 aromatic rings. The van der Waals surface area contributed by atoms with Crippen LogP contribution in [0.15, 0.2) is 0 Å². The van der Waals surface area contributed by atoms with Crippen molar-refractivity contribution >= 4 is 15.7 Å². The molecule has 1 aliphatic carbocycles. The molecule has 0 aromatic carbocycles. The van der Waals surface area contributed by atoms with Gasteiger partial charge in [-0.1, -0.05) is 12.8 Å². The monoisotopic (exact) mass is 288 g/mol. The topological polar surface area (TPSA) is 80.5 Å². The minimum Gasteiger partial charge on any atom is -0.338 e. The fourth-order valence-electron chi connectivity index (χ4n) is 3.35. The van der Waals surface area contributed by atoms with Crippen LogP contribution in [0, 0.1) is 11.8 Å². The quantitative estimate of drug-likeness (QED) is 0.797. The van der Waals surface area contributed by atoms with E-state index in [0.29, 0.717) is 13.1 Å². The Morgan fingerprint density at radius 2 is 2.00 bits per heavy atom. The maximum atomic E-state index is 12.6. The van der Waals surface area contributed by atoms with Crippen LogP contribution in [-0.4, -0.2) is 49.9 Å². The van der Waals surface area contributed by atoms with E-state index in [1.165, 1.54) is 0 Å². The largest absolute Gasteiger partial charge is 0.338 e. The molecule has 2 N–H and O–H groups in total. The third-order valence-corrected chi connectivity index (χ3v) is 6.28. The summed E-state index contributed by atoms with van der Waals surface area (Å²) in [6.07, 6.45) is 4.15. The lowest BCUT2D eigenvalue weighted by Crippen LogP contribution is -2.53. The third kappa shape index (κ3) is 3.28. The minimum absolute atomic E-state index is 0.00186. The van der Waals surface area contributed by atoms with Gasteiger partial charge in [0, 0.05) is 18.5 Å². The zero-order valence-electron chi connectivity index (χ0n) is 11.5. The van der Waals surface area contributed by atoms with E-state index in [0.717, 1.165) is 25.7 Å². The standard InChI is InChI=1S/C13H24N2O3S/c1-10-9-19(17,18)7-6-15(10)13(16)12-5-3-2-4-11(12)8-14/h10-12H,2-9,14H2,1H3. The van der Waals surface area contributed by atoms with E-state index in [2.05, 4.69) is 0 Å². The maximum Gasteiger partial charge on any atom is 0.226 e. The first-order valence-electron chi connectivity index (χ1n) is 7.15. The number of nitrogens with two attached hydrogens (primary N) is 1. The Morgan fingerprint density at radius 1 is 1.32 bits per heavy atom. The van der Waals surface area contributed by atoms with E-state index in [9.17, 15) is 13.2 Å². The van der Waals surface area contributed by atoms with Crippen molar-refractivity contribution in [3.8, 4) is 0 Å². The normalized spacial score (nSPS) is 35.1. The van der Waals surface area contributed by atoms with Crippen LogP contribution in [0.25, 0.3) is 0 Å². The molecular weight excluding hydrogens is 264 g/mol. The fraction of sp³-hybridized carbons (Fsp3) is 0.923. The van der Waals surface area contributed by atoms with Crippen molar-refractivity contribution in [2.75, 3.05) is 24.6 Å². The number of hydrogen-bond donors (Lipinski definition) is 1. The Bertz CT molecular complexity index is 435. The van der Waals surface area contributed by atoms with Crippen molar-refractivity contribution in [2.24, 2.45) is 17.6 Å². The van der Waals surface area contributed by atoms with Crippen LogP contribution in [0.4, 0.5) is 0 Å². The Labute approximate surface area is 115 Å². The SMILES string of the molecule is CC1CS(=O)(=O)CCN1C(=O)C1CCCCC1CN. The molecule has 5 nitrogen and oxygen atoms in total. The molecule has 1 saturated heterocycles. The molecule has 0 radical (unpaired) electrons. The minimum atomic E-state index is -2.97. The van der Waals surface area contributed by atoms with Gasteiger partial charge in [-0.3, -0.25) is 4.79 Å². The van der Waals surface area contributed by atoms with E-state index >= 15 is 0 Å². The van der Waals surface area contributed by atoms with Gasteiger partial charge in [0.05, 0.1) is 11.5 Å².